The zero-order chi connectivity index (χ0) is 29.0. The number of thiocarbonyl (C=S) groups is 1. The average molecular weight is 629 g/mol. The van der Waals surface area contributed by atoms with Crippen molar-refractivity contribution >= 4 is 63.9 Å². The lowest BCUT2D eigenvalue weighted by Crippen LogP contribution is -2.35. The van der Waals surface area contributed by atoms with Crippen molar-refractivity contribution in [3.8, 4) is 11.5 Å². The summed E-state index contributed by atoms with van der Waals surface area (Å²) in [5.74, 6) is -2.39. The summed E-state index contributed by atoms with van der Waals surface area (Å²) in [6.07, 6.45) is -4.48. The molecule has 0 unspecified atom stereocenters. The zero-order valence-electron chi connectivity index (χ0n) is 19.8. The number of ether oxygens (including phenoxy) is 1. The minimum absolute atomic E-state index is 0.0147. The molecular weight excluding hydrogens is 614 g/mol. The highest BCUT2D eigenvalue weighted by Gasteiger charge is 2.31. The van der Waals surface area contributed by atoms with Gasteiger partial charge in [-0.15, -0.1) is 0 Å². The van der Waals surface area contributed by atoms with E-state index in [9.17, 15) is 26.7 Å². The number of carbonyl (C=O) groups is 1. The molecule has 40 heavy (non-hydrogen) atoms. The van der Waals surface area contributed by atoms with Crippen LogP contribution in [-0.4, -0.2) is 11.0 Å². The number of alkyl halides is 3. The molecule has 0 spiro atoms. The largest absolute Gasteiger partial charge is 0.456 e. The average Bonchev–Trinajstić information content (AvgIpc) is 2.87. The van der Waals surface area contributed by atoms with Crippen LogP contribution in [0.3, 0.4) is 0 Å². The molecule has 0 aliphatic rings. The molecule has 0 heterocycles. The van der Waals surface area contributed by atoms with Gasteiger partial charge in [-0.1, -0.05) is 41.0 Å². The van der Waals surface area contributed by atoms with Gasteiger partial charge in [-0.2, -0.15) is 13.2 Å². The van der Waals surface area contributed by atoms with Crippen LogP contribution < -0.4 is 15.4 Å². The molecule has 0 radical (unpaired) electrons. The maximum Gasteiger partial charge on any atom is 0.416 e. The first-order valence-electron chi connectivity index (χ1n) is 11.1. The first-order chi connectivity index (χ1) is 18.9. The van der Waals surface area contributed by atoms with E-state index in [1.165, 1.54) is 30.0 Å². The van der Waals surface area contributed by atoms with Crippen LogP contribution in [0.15, 0.2) is 88.7 Å². The van der Waals surface area contributed by atoms with E-state index in [2.05, 4.69) is 10.6 Å². The van der Waals surface area contributed by atoms with Gasteiger partial charge in [-0.05, 0) is 85.0 Å². The van der Waals surface area contributed by atoms with Gasteiger partial charge >= 0.3 is 6.18 Å². The van der Waals surface area contributed by atoms with E-state index in [1.54, 1.807) is 30.3 Å². The topological polar surface area (TPSA) is 50.4 Å². The number of nitrogens with one attached hydrogen (secondary N) is 2. The third-order valence-electron chi connectivity index (χ3n) is 5.15. The first-order valence-corrected chi connectivity index (χ1v) is 13.1. The lowest BCUT2D eigenvalue weighted by molar-refractivity contribution is -0.137. The van der Waals surface area contributed by atoms with Gasteiger partial charge in [0.1, 0.15) is 28.7 Å². The summed E-state index contributed by atoms with van der Waals surface area (Å²) in [5, 5.41) is 4.87. The molecule has 4 aromatic rings. The zero-order valence-corrected chi connectivity index (χ0v) is 22.9. The molecule has 0 atom stereocenters. The standard InChI is InChI=1S/C27H15Cl2F5N2O2S2/c28-18-13-15(35-26(39)36-25(37)24-20(30)2-1-3-21(24)31)5-10-22(18)38-16-6-8-17(9-7-16)40-23-11-4-14(12-19(23)29)27(32,33)34/h1-13H,(H2,35,36,37,39). The molecule has 206 valence electrons. The Bertz CT molecular complexity index is 1560. The number of rotatable bonds is 6. The van der Waals surface area contributed by atoms with Crippen LogP contribution in [0.4, 0.5) is 27.6 Å². The minimum atomic E-state index is -4.48. The quantitative estimate of drug-likeness (QED) is 0.165. The summed E-state index contributed by atoms with van der Waals surface area (Å²) in [4.78, 5) is 13.4. The molecule has 0 saturated carbocycles. The molecule has 0 saturated heterocycles. The number of halogens is 7. The number of amides is 1. The summed E-state index contributed by atoms with van der Waals surface area (Å²) < 4.78 is 71.9. The Kier molecular flexibility index (Phi) is 9.19. The van der Waals surface area contributed by atoms with E-state index in [0.717, 1.165) is 30.3 Å². The second-order valence-corrected chi connectivity index (χ2v) is 10.3. The fourth-order valence-electron chi connectivity index (χ4n) is 3.29. The van der Waals surface area contributed by atoms with Crippen molar-refractivity contribution in [1.82, 2.24) is 5.32 Å². The molecule has 0 aliphatic heterocycles. The van der Waals surface area contributed by atoms with E-state index in [4.69, 9.17) is 40.2 Å². The molecule has 0 aromatic heterocycles. The number of hydrogen-bond acceptors (Lipinski definition) is 4. The van der Waals surface area contributed by atoms with Crippen LogP contribution in [0.25, 0.3) is 0 Å². The Hall–Kier alpha value is -3.38. The molecule has 4 aromatic carbocycles. The molecule has 2 N–H and O–H groups in total. The molecule has 0 bridgehead atoms. The van der Waals surface area contributed by atoms with Gasteiger partial charge in [-0.25, -0.2) is 8.78 Å². The second kappa shape index (κ2) is 12.4. The molecule has 0 aliphatic carbocycles. The van der Waals surface area contributed by atoms with Crippen LogP contribution in [0.5, 0.6) is 11.5 Å². The number of hydrogen-bond donors (Lipinski definition) is 2. The lowest BCUT2D eigenvalue weighted by atomic mass is 10.2. The lowest BCUT2D eigenvalue weighted by Gasteiger charge is -2.13. The third kappa shape index (κ3) is 7.42. The van der Waals surface area contributed by atoms with Crippen molar-refractivity contribution in [1.29, 1.82) is 0 Å². The highest BCUT2D eigenvalue weighted by Crippen LogP contribution is 2.39. The molecule has 4 rings (SSSR count). The summed E-state index contributed by atoms with van der Waals surface area (Å²) in [5.41, 5.74) is -1.22. The molecule has 13 heteroatoms. The van der Waals surface area contributed by atoms with E-state index < -0.39 is 34.8 Å². The molecule has 4 nitrogen and oxygen atoms in total. The van der Waals surface area contributed by atoms with Crippen molar-refractivity contribution in [2.75, 3.05) is 5.32 Å². The van der Waals surface area contributed by atoms with E-state index in [0.29, 0.717) is 27.0 Å². The predicted molar refractivity (Wildman–Crippen MR) is 149 cm³/mol. The van der Waals surface area contributed by atoms with Crippen molar-refractivity contribution in [2.45, 2.75) is 16.0 Å². The third-order valence-corrected chi connectivity index (χ3v) is 7.15. The van der Waals surface area contributed by atoms with Crippen LogP contribution in [0.1, 0.15) is 15.9 Å². The Morgan fingerprint density at radius 2 is 1.55 bits per heavy atom. The van der Waals surface area contributed by atoms with Gasteiger partial charge in [0.05, 0.1) is 15.6 Å². The normalized spacial score (nSPS) is 11.2. The maximum absolute atomic E-state index is 13.8. The molecule has 0 fully saturated rings. The van der Waals surface area contributed by atoms with Crippen LogP contribution in [-0.2, 0) is 6.18 Å². The fourth-order valence-corrected chi connectivity index (χ4v) is 4.84. The van der Waals surface area contributed by atoms with Crippen molar-refractivity contribution in [3.63, 3.8) is 0 Å². The van der Waals surface area contributed by atoms with Crippen LogP contribution >= 0.6 is 47.2 Å². The van der Waals surface area contributed by atoms with Crippen molar-refractivity contribution in [2.24, 2.45) is 0 Å². The second-order valence-electron chi connectivity index (χ2n) is 7.97. The van der Waals surface area contributed by atoms with E-state index in [1.807, 2.05) is 0 Å². The number of benzene rings is 4. The Labute approximate surface area is 244 Å². The molecule has 1 amide bonds. The Balaban J connectivity index is 1.36. The summed E-state index contributed by atoms with van der Waals surface area (Å²) in [7, 11) is 0. The maximum atomic E-state index is 13.8. The highest BCUT2D eigenvalue weighted by atomic mass is 35.5. The van der Waals surface area contributed by atoms with Gasteiger partial charge < -0.3 is 10.1 Å². The van der Waals surface area contributed by atoms with Crippen LogP contribution in [0.2, 0.25) is 10.0 Å². The van der Waals surface area contributed by atoms with E-state index >= 15 is 0 Å². The first kappa shape index (κ1) is 29.6. The number of carbonyl (C=O) groups excluding carboxylic acids is 1. The van der Waals surface area contributed by atoms with Gasteiger partial charge in [0.15, 0.2) is 5.11 Å². The SMILES string of the molecule is O=C(NC(=S)Nc1ccc(Oc2ccc(Sc3ccc(C(F)(F)F)cc3Cl)cc2)c(Cl)c1)c1c(F)cccc1F. The molecular formula is C27H15Cl2F5N2O2S2. The highest BCUT2D eigenvalue weighted by molar-refractivity contribution is 7.99. The Morgan fingerprint density at radius 3 is 2.15 bits per heavy atom. The summed E-state index contributed by atoms with van der Waals surface area (Å²) in [6.45, 7) is 0. The van der Waals surface area contributed by atoms with Gasteiger partial charge in [0.2, 0.25) is 0 Å². The fraction of sp³-hybridized carbons (Fsp3) is 0.0370. The van der Waals surface area contributed by atoms with Crippen LogP contribution in [0, 0.1) is 11.6 Å². The summed E-state index contributed by atoms with van der Waals surface area (Å²) >= 11 is 18.6. The Morgan fingerprint density at radius 1 is 0.875 bits per heavy atom. The number of anilines is 1. The van der Waals surface area contributed by atoms with Crippen molar-refractivity contribution in [3.05, 3.63) is 112 Å². The van der Waals surface area contributed by atoms with Gasteiger partial charge in [0.25, 0.3) is 5.91 Å². The van der Waals surface area contributed by atoms with E-state index in [-0.39, 0.29) is 15.2 Å². The van der Waals surface area contributed by atoms with Gasteiger partial charge in [0, 0.05) is 15.5 Å². The minimum Gasteiger partial charge on any atom is -0.456 e. The van der Waals surface area contributed by atoms with Gasteiger partial charge in [-0.3, -0.25) is 10.1 Å². The predicted octanol–water partition coefficient (Wildman–Crippen LogP) is 9.36. The smallest absolute Gasteiger partial charge is 0.416 e. The summed E-state index contributed by atoms with van der Waals surface area (Å²) in [6, 6.07) is 17.5. The monoisotopic (exact) mass is 628 g/mol. The van der Waals surface area contributed by atoms with Crippen molar-refractivity contribution < 1.29 is 31.5 Å².